The molecule has 1 aromatic carbocycles. The molecule has 0 bridgehead atoms. The summed E-state index contributed by atoms with van der Waals surface area (Å²) in [6, 6.07) is 9.43. The van der Waals surface area contributed by atoms with Crippen LogP contribution in [0.3, 0.4) is 0 Å². The number of ketones is 1. The quantitative estimate of drug-likeness (QED) is 0.408. The number of unbranched alkanes of at least 4 members (excludes halogenated alkanes) is 5. The summed E-state index contributed by atoms with van der Waals surface area (Å²) in [6.07, 6.45) is 11.9. The van der Waals surface area contributed by atoms with Crippen molar-refractivity contribution in [3.05, 3.63) is 53.9 Å². The Morgan fingerprint density at radius 3 is 2.37 bits per heavy atom. The van der Waals surface area contributed by atoms with Gasteiger partial charge in [0, 0.05) is 12.4 Å². The molecule has 0 amide bonds. The monoisotopic (exact) mass is 371 g/mol. The number of ether oxygens (including phenoxy) is 2. The third-order valence-electron chi connectivity index (χ3n) is 4.34. The van der Waals surface area contributed by atoms with Crippen LogP contribution in [-0.4, -0.2) is 30.0 Å². The van der Waals surface area contributed by atoms with Gasteiger partial charge in [0.05, 0.1) is 5.56 Å². The summed E-state index contributed by atoms with van der Waals surface area (Å²) < 4.78 is 10.4. The molecule has 0 aliphatic heterocycles. The average molecular weight is 371 g/mol. The minimum absolute atomic E-state index is 0.114. The van der Waals surface area contributed by atoms with Crippen molar-refractivity contribution < 1.29 is 19.1 Å². The molecular formula is C22H29NO4. The van der Waals surface area contributed by atoms with Gasteiger partial charge in [0.1, 0.15) is 12.4 Å². The van der Waals surface area contributed by atoms with Crippen LogP contribution in [0, 0.1) is 0 Å². The van der Waals surface area contributed by atoms with E-state index in [1.54, 1.807) is 12.3 Å². The fraction of sp³-hybridized carbons (Fsp3) is 0.455. The molecule has 27 heavy (non-hydrogen) atoms. The van der Waals surface area contributed by atoms with E-state index in [1.807, 2.05) is 24.3 Å². The van der Waals surface area contributed by atoms with Gasteiger partial charge in [0.25, 0.3) is 0 Å². The van der Waals surface area contributed by atoms with E-state index in [4.69, 9.17) is 9.47 Å². The first-order chi connectivity index (χ1) is 13.2. The summed E-state index contributed by atoms with van der Waals surface area (Å²) in [6.45, 7) is 1.82. The maximum Gasteiger partial charge on any atom is 0.340 e. The lowest BCUT2D eigenvalue weighted by Gasteiger charge is -2.07. The zero-order valence-corrected chi connectivity index (χ0v) is 16.0. The second kappa shape index (κ2) is 11.9. The second-order valence-corrected chi connectivity index (χ2v) is 6.66. The standard InChI is InChI=1S/C22H29NO4/c1-2-3-4-5-6-7-8-18-9-11-21(12-10-18)26-16-20(24)17-27-22(25)19-13-14-23-15-19/h9-15,23H,2-8,16-17H2,1H3. The normalized spacial score (nSPS) is 10.6. The minimum Gasteiger partial charge on any atom is -0.486 e. The molecule has 2 rings (SSSR count). The highest BCUT2D eigenvalue weighted by molar-refractivity contribution is 5.91. The van der Waals surface area contributed by atoms with Crippen LogP contribution in [0.5, 0.6) is 5.75 Å². The smallest absolute Gasteiger partial charge is 0.340 e. The predicted octanol–water partition coefficient (Wildman–Crippen LogP) is 4.72. The van der Waals surface area contributed by atoms with Gasteiger partial charge in [-0.1, -0.05) is 51.2 Å². The van der Waals surface area contributed by atoms with Gasteiger partial charge < -0.3 is 14.5 Å². The maximum absolute atomic E-state index is 11.8. The number of Topliss-reactive ketones (excluding diaryl/α,β-unsaturated/α-hetero) is 1. The van der Waals surface area contributed by atoms with Gasteiger partial charge in [-0.3, -0.25) is 4.79 Å². The molecule has 1 aromatic heterocycles. The van der Waals surface area contributed by atoms with Crippen LogP contribution in [-0.2, 0) is 16.0 Å². The molecule has 0 aliphatic carbocycles. The Labute approximate surface area is 161 Å². The molecule has 0 fully saturated rings. The van der Waals surface area contributed by atoms with Crippen molar-refractivity contribution in [3.63, 3.8) is 0 Å². The number of aromatic amines is 1. The molecule has 0 spiro atoms. The molecule has 0 saturated carbocycles. The highest BCUT2D eigenvalue weighted by Gasteiger charge is 2.11. The third-order valence-corrected chi connectivity index (χ3v) is 4.34. The molecule has 5 heteroatoms. The minimum atomic E-state index is -0.524. The Morgan fingerprint density at radius 1 is 0.926 bits per heavy atom. The average Bonchev–Trinajstić information content (AvgIpc) is 3.23. The molecule has 1 N–H and O–H groups in total. The van der Waals surface area contributed by atoms with Gasteiger partial charge in [-0.25, -0.2) is 4.79 Å². The van der Waals surface area contributed by atoms with Gasteiger partial charge in [-0.05, 0) is 36.6 Å². The highest BCUT2D eigenvalue weighted by Crippen LogP contribution is 2.15. The number of rotatable bonds is 13. The number of nitrogens with one attached hydrogen (secondary N) is 1. The number of esters is 1. The summed E-state index contributed by atoms with van der Waals surface area (Å²) in [5.41, 5.74) is 1.68. The number of benzene rings is 1. The number of H-pyrrole nitrogens is 1. The Bertz CT molecular complexity index is 677. The van der Waals surface area contributed by atoms with Gasteiger partial charge in [-0.2, -0.15) is 0 Å². The largest absolute Gasteiger partial charge is 0.486 e. The maximum atomic E-state index is 11.8. The summed E-state index contributed by atoms with van der Waals surface area (Å²) in [5.74, 6) is -0.161. The van der Waals surface area contributed by atoms with Crippen molar-refractivity contribution in [1.82, 2.24) is 4.98 Å². The fourth-order valence-electron chi connectivity index (χ4n) is 2.75. The fourth-order valence-corrected chi connectivity index (χ4v) is 2.75. The van der Waals surface area contributed by atoms with Crippen LogP contribution in [0.1, 0.15) is 61.4 Å². The van der Waals surface area contributed by atoms with Crippen LogP contribution in [0.25, 0.3) is 0 Å². The van der Waals surface area contributed by atoms with E-state index in [0.717, 1.165) is 6.42 Å². The van der Waals surface area contributed by atoms with Crippen LogP contribution >= 0.6 is 0 Å². The molecule has 1 heterocycles. The first-order valence-corrected chi connectivity index (χ1v) is 9.72. The molecule has 0 unspecified atom stereocenters. The summed E-state index contributed by atoms with van der Waals surface area (Å²) in [7, 11) is 0. The lowest BCUT2D eigenvalue weighted by atomic mass is 10.0. The van der Waals surface area contributed by atoms with E-state index >= 15 is 0 Å². The Balaban J connectivity index is 1.61. The first kappa shape index (κ1) is 20.7. The summed E-state index contributed by atoms with van der Waals surface area (Å²) >= 11 is 0. The molecule has 146 valence electrons. The predicted molar refractivity (Wildman–Crippen MR) is 105 cm³/mol. The van der Waals surface area contributed by atoms with Gasteiger partial charge in [0.2, 0.25) is 5.78 Å². The Hall–Kier alpha value is -2.56. The topological polar surface area (TPSA) is 68.4 Å². The first-order valence-electron chi connectivity index (χ1n) is 9.72. The Morgan fingerprint density at radius 2 is 1.67 bits per heavy atom. The lowest BCUT2D eigenvalue weighted by Crippen LogP contribution is -2.19. The van der Waals surface area contributed by atoms with Crippen LogP contribution < -0.4 is 4.74 Å². The van der Waals surface area contributed by atoms with Crippen molar-refractivity contribution in [3.8, 4) is 5.75 Å². The van der Waals surface area contributed by atoms with Gasteiger partial charge >= 0.3 is 5.97 Å². The van der Waals surface area contributed by atoms with Crippen molar-refractivity contribution in [1.29, 1.82) is 0 Å². The van der Waals surface area contributed by atoms with E-state index in [1.165, 1.54) is 50.3 Å². The molecule has 5 nitrogen and oxygen atoms in total. The summed E-state index contributed by atoms with van der Waals surface area (Å²) in [4.78, 5) is 26.2. The van der Waals surface area contributed by atoms with Crippen molar-refractivity contribution in [2.45, 2.75) is 51.9 Å². The van der Waals surface area contributed by atoms with E-state index in [0.29, 0.717) is 11.3 Å². The van der Waals surface area contributed by atoms with E-state index in [2.05, 4.69) is 11.9 Å². The number of carbonyl (C=O) groups excluding carboxylic acids is 2. The van der Waals surface area contributed by atoms with Crippen molar-refractivity contribution in [2.75, 3.05) is 13.2 Å². The zero-order chi connectivity index (χ0) is 19.3. The van der Waals surface area contributed by atoms with Crippen LogP contribution in [0.4, 0.5) is 0 Å². The lowest BCUT2D eigenvalue weighted by molar-refractivity contribution is -0.124. The van der Waals surface area contributed by atoms with Gasteiger partial charge in [0.15, 0.2) is 6.61 Å². The van der Waals surface area contributed by atoms with Crippen LogP contribution in [0.2, 0.25) is 0 Å². The van der Waals surface area contributed by atoms with Gasteiger partial charge in [-0.15, -0.1) is 0 Å². The number of aryl methyl sites for hydroxylation is 1. The number of hydrogen-bond donors (Lipinski definition) is 1. The second-order valence-electron chi connectivity index (χ2n) is 6.66. The molecule has 0 atom stereocenters. The third kappa shape index (κ3) is 8.11. The molecule has 0 aliphatic rings. The van der Waals surface area contributed by atoms with E-state index in [9.17, 15) is 9.59 Å². The number of aromatic nitrogens is 1. The molecule has 2 aromatic rings. The molecule has 0 radical (unpaired) electrons. The van der Waals surface area contributed by atoms with E-state index in [-0.39, 0.29) is 19.0 Å². The van der Waals surface area contributed by atoms with E-state index < -0.39 is 5.97 Å². The highest BCUT2D eigenvalue weighted by atomic mass is 16.5. The SMILES string of the molecule is CCCCCCCCc1ccc(OCC(=O)COC(=O)c2cc[nH]c2)cc1. The summed E-state index contributed by atoms with van der Waals surface area (Å²) in [5, 5.41) is 0. The van der Waals surface area contributed by atoms with Crippen molar-refractivity contribution in [2.24, 2.45) is 0 Å². The van der Waals surface area contributed by atoms with Crippen molar-refractivity contribution >= 4 is 11.8 Å². The number of hydrogen-bond acceptors (Lipinski definition) is 4. The molecular weight excluding hydrogens is 342 g/mol. The van der Waals surface area contributed by atoms with Crippen LogP contribution in [0.15, 0.2) is 42.7 Å². The molecule has 0 saturated heterocycles. The Kier molecular flexibility index (Phi) is 9.18. The zero-order valence-electron chi connectivity index (χ0n) is 16.0. The number of carbonyl (C=O) groups is 2.